The lowest BCUT2D eigenvalue weighted by Gasteiger charge is -2.10. The predicted octanol–water partition coefficient (Wildman–Crippen LogP) is 3.04. The van der Waals surface area contributed by atoms with Crippen LogP contribution in [0, 0.1) is 17.0 Å². The molecule has 2 rings (SSSR count). The highest BCUT2D eigenvalue weighted by Gasteiger charge is 2.11. The fourth-order valence-electron chi connectivity index (χ4n) is 1.99. The van der Waals surface area contributed by atoms with Gasteiger partial charge in [0.05, 0.1) is 10.6 Å². The molecule has 0 saturated carbocycles. The zero-order valence-corrected chi connectivity index (χ0v) is 10.5. The highest BCUT2D eigenvalue weighted by molar-refractivity contribution is 5.48. The maximum Gasteiger partial charge on any atom is 0.269 e. The Morgan fingerprint density at radius 2 is 2.22 bits per heavy atom. The number of nitro groups is 1. The van der Waals surface area contributed by atoms with Crippen molar-refractivity contribution in [3.8, 4) is 5.69 Å². The number of aromatic nitrogens is 2. The number of aryl methyl sites for hydroxylation is 2. The Balaban J connectivity index is 2.44. The summed E-state index contributed by atoms with van der Waals surface area (Å²) in [4.78, 5) is 14.6. The van der Waals surface area contributed by atoms with Gasteiger partial charge < -0.3 is 4.57 Å². The molecule has 1 aromatic heterocycles. The molecule has 1 heterocycles. The smallest absolute Gasteiger partial charge is 0.269 e. The highest BCUT2D eigenvalue weighted by atomic mass is 16.6. The summed E-state index contributed by atoms with van der Waals surface area (Å²) in [5.41, 5.74) is 1.94. The number of hydrogen-bond acceptors (Lipinski definition) is 3. The Bertz CT molecular complexity index is 575. The molecule has 0 saturated heterocycles. The summed E-state index contributed by atoms with van der Waals surface area (Å²) in [5, 5.41) is 10.7. The van der Waals surface area contributed by atoms with Crippen LogP contribution in [0.4, 0.5) is 5.69 Å². The molecule has 0 atom stereocenters. The summed E-state index contributed by atoms with van der Waals surface area (Å²) in [6.45, 7) is 3.97. The molecule has 0 aliphatic heterocycles. The summed E-state index contributed by atoms with van der Waals surface area (Å²) < 4.78 is 1.99. The van der Waals surface area contributed by atoms with Crippen LogP contribution >= 0.6 is 0 Å². The molecule has 0 N–H and O–H groups in total. The first-order chi connectivity index (χ1) is 8.63. The number of nitro benzene ring substituents is 1. The van der Waals surface area contributed by atoms with Crippen molar-refractivity contribution >= 4 is 5.69 Å². The minimum Gasteiger partial charge on any atom is -0.303 e. The number of non-ortho nitro benzene ring substituents is 1. The van der Waals surface area contributed by atoms with Crippen LogP contribution in [0.2, 0.25) is 0 Å². The molecule has 5 nitrogen and oxygen atoms in total. The predicted molar refractivity (Wildman–Crippen MR) is 69.0 cm³/mol. The van der Waals surface area contributed by atoms with Crippen molar-refractivity contribution < 1.29 is 4.92 Å². The van der Waals surface area contributed by atoms with Gasteiger partial charge in [-0.1, -0.05) is 6.92 Å². The molecule has 2 aromatic rings. The molecule has 18 heavy (non-hydrogen) atoms. The third-order valence-corrected chi connectivity index (χ3v) is 2.84. The van der Waals surface area contributed by atoms with Gasteiger partial charge in [0, 0.05) is 30.9 Å². The van der Waals surface area contributed by atoms with Gasteiger partial charge in [-0.25, -0.2) is 4.98 Å². The zero-order chi connectivity index (χ0) is 13.1. The van der Waals surface area contributed by atoms with Gasteiger partial charge in [0.15, 0.2) is 0 Å². The van der Waals surface area contributed by atoms with Crippen molar-refractivity contribution in [3.63, 3.8) is 0 Å². The third kappa shape index (κ3) is 2.25. The molecule has 0 unspecified atom stereocenters. The lowest BCUT2D eigenvalue weighted by atomic mass is 10.1. The van der Waals surface area contributed by atoms with E-state index in [1.54, 1.807) is 18.3 Å². The lowest BCUT2D eigenvalue weighted by Crippen LogP contribution is -2.02. The van der Waals surface area contributed by atoms with E-state index in [2.05, 4.69) is 11.9 Å². The minimum absolute atomic E-state index is 0.119. The van der Waals surface area contributed by atoms with Crippen molar-refractivity contribution in [3.05, 3.63) is 52.1 Å². The molecular weight excluding hydrogens is 230 g/mol. The van der Waals surface area contributed by atoms with Gasteiger partial charge in [-0.05, 0) is 25.0 Å². The maximum absolute atomic E-state index is 10.7. The molecule has 0 spiro atoms. The van der Waals surface area contributed by atoms with E-state index in [4.69, 9.17) is 0 Å². The Kier molecular flexibility index (Phi) is 3.41. The first-order valence-corrected chi connectivity index (χ1v) is 5.91. The van der Waals surface area contributed by atoms with Crippen LogP contribution < -0.4 is 0 Å². The van der Waals surface area contributed by atoms with Crippen molar-refractivity contribution in [2.75, 3.05) is 0 Å². The number of imidazole rings is 1. The van der Waals surface area contributed by atoms with E-state index in [9.17, 15) is 10.1 Å². The zero-order valence-electron chi connectivity index (χ0n) is 10.5. The normalized spacial score (nSPS) is 10.6. The van der Waals surface area contributed by atoms with Crippen molar-refractivity contribution in [1.82, 2.24) is 9.55 Å². The van der Waals surface area contributed by atoms with Crippen LogP contribution in [0.15, 0.2) is 30.6 Å². The summed E-state index contributed by atoms with van der Waals surface area (Å²) in [6.07, 6.45) is 5.55. The second-order valence-corrected chi connectivity index (χ2v) is 4.19. The number of hydrogen-bond donors (Lipinski definition) is 0. The fourth-order valence-corrected chi connectivity index (χ4v) is 1.99. The number of nitrogens with zero attached hydrogens (tertiary/aromatic N) is 3. The van der Waals surface area contributed by atoms with Crippen molar-refractivity contribution in [1.29, 1.82) is 0 Å². The summed E-state index contributed by atoms with van der Waals surface area (Å²) in [5.74, 6) is 0.981. The molecule has 0 aliphatic carbocycles. The van der Waals surface area contributed by atoms with Gasteiger partial charge >= 0.3 is 0 Å². The quantitative estimate of drug-likeness (QED) is 0.614. The molecule has 1 aromatic carbocycles. The van der Waals surface area contributed by atoms with E-state index in [-0.39, 0.29) is 10.6 Å². The Morgan fingerprint density at radius 1 is 1.44 bits per heavy atom. The van der Waals surface area contributed by atoms with Gasteiger partial charge in [0.25, 0.3) is 5.69 Å². The van der Waals surface area contributed by atoms with Gasteiger partial charge in [-0.2, -0.15) is 0 Å². The molecule has 94 valence electrons. The van der Waals surface area contributed by atoms with E-state index in [0.29, 0.717) is 0 Å². The summed E-state index contributed by atoms with van der Waals surface area (Å²) in [6, 6.07) is 4.89. The lowest BCUT2D eigenvalue weighted by molar-refractivity contribution is -0.384. The van der Waals surface area contributed by atoms with E-state index in [1.165, 1.54) is 6.07 Å². The Hall–Kier alpha value is -2.17. The second-order valence-electron chi connectivity index (χ2n) is 4.19. The largest absolute Gasteiger partial charge is 0.303 e. The molecule has 0 aliphatic rings. The van der Waals surface area contributed by atoms with Crippen LogP contribution in [0.1, 0.15) is 24.7 Å². The summed E-state index contributed by atoms with van der Waals surface area (Å²) in [7, 11) is 0. The average molecular weight is 245 g/mol. The molecule has 0 fully saturated rings. The van der Waals surface area contributed by atoms with Crippen LogP contribution in [-0.4, -0.2) is 14.5 Å². The van der Waals surface area contributed by atoms with Crippen LogP contribution in [0.25, 0.3) is 5.69 Å². The van der Waals surface area contributed by atoms with Gasteiger partial charge in [-0.3, -0.25) is 10.1 Å². The Morgan fingerprint density at radius 3 is 2.83 bits per heavy atom. The van der Waals surface area contributed by atoms with Gasteiger partial charge in [0.1, 0.15) is 5.82 Å². The first kappa shape index (κ1) is 12.3. The number of benzene rings is 1. The summed E-state index contributed by atoms with van der Waals surface area (Å²) >= 11 is 0. The van der Waals surface area contributed by atoms with Crippen molar-refractivity contribution in [2.45, 2.75) is 26.7 Å². The van der Waals surface area contributed by atoms with E-state index in [1.807, 2.05) is 17.7 Å². The SMILES string of the molecule is CCCc1nccn1-c1ccc([N+](=O)[O-])cc1C. The van der Waals surface area contributed by atoms with Gasteiger partial charge in [0.2, 0.25) is 0 Å². The first-order valence-electron chi connectivity index (χ1n) is 5.91. The van der Waals surface area contributed by atoms with Crippen LogP contribution in [0.3, 0.4) is 0 Å². The Labute approximate surface area is 105 Å². The monoisotopic (exact) mass is 245 g/mol. The average Bonchev–Trinajstić information content (AvgIpc) is 2.77. The van der Waals surface area contributed by atoms with Crippen molar-refractivity contribution in [2.24, 2.45) is 0 Å². The molecule has 5 heteroatoms. The molecule has 0 amide bonds. The fraction of sp³-hybridized carbons (Fsp3) is 0.308. The minimum atomic E-state index is -0.377. The topological polar surface area (TPSA) is 61.0 Å². The maximum atomic E-state index is 10.7. The van der Waals surface area contributed by atoms with Crippen LogP contribution in [0.5, 0.6) is 0 Å². The molecule has 0 bridgehead atoms. The second kappa shape index (κ2) is 5.00. The van der Waals surface area contributed by atoms with E-state index in [0.717, 1.165) is 29.9 Å². The molecular formula is C13H15N3O2. The standard InChI is InChI=1S/C13H15N3O2/c1-3-4-13-14-7-8-15(13)12-6-5-11(16(17)18)9-10(12)2/h5-9H,3-4H2,1-2H3. The third-order valence-electron chi connectivity index (χ3n) is 2.84. The number of rotatable bonds is 4. The van der Waals surface area contributed by atoms with Crippen LogP contribution in [-0.2, 0) is 6.42 Å². The van der Waals surface area contributed by atoms with Gasteiger partial charge in [-0.15, -0.1) is 0 Å². The van der Waals surface area contributed by atoms with E-state index >= 15 is 0 Å². The molecule has 0 radical (unpaired) electrons. The van der Waals surface area contributed by atoms with E-state index < -0.39 is 0 Å². The highest BCUT2D eigenvalue weighted by Crippen LogP contribution is 2.21.